The molecule has 0 atom stereocenters. The maximum absolute atomic E-state index is 13.6. The molecule has 0 saturated carbocycles. The molecule has 0 aliphatic rings. The van der Waals surface area contributed by atoms with Crippen LogP contribution in [0.25, 0.3) is 0 Å². The summed E-state index contributed by atoms with van der Waals surface area (Å²) < 4.78 is 28.5. The Bertz CT molecular complexity index is 1140. The van der Waals surface area contributed by atoms with Gasteiger partial charge in [0.25, 0.3) is 15.9 Å². The van der Waals surface area contributed by atoms with Crippen LogP contribution in [0.1, 0.15) is 21.5 Å². The van der Waals surface area contributed by atoms with Crippen molar-refractivity contribution in [2.24, 2.45) is 0 Å². The summed E-state index contributed by atoms with van der Waals surface area (Å²) in [5.41, 5.74) is 2.35. The van der Waals surface area contributed by atoms with Gasteiger partial charge in [-0.15, -0.1) is 0 Å². The molecule has 0 fully saturated rings. The fraction of sp³-hybridized carbons (Fsp3) is 0.174. The summed E-state index contributed by atoms with van der Waals surface area (Å²) in [6.45, 7) is 1.96. The summed E-state index contributed by atoms with van der Waals surface area (Å²) in [6.07, 6.45) is 0. The van der Waals surface area contributed by atoms with Crippen molar-refractivity contribution < 1.29 is 13.2 Å². The number of nitrogens with zero attached hydrogens (tertiary/aromatic N) is 2. The first-order chi connectivity index (χ1) is 14.2. The van der Waals surface area contributed by atoms with Gasteiger partial charge in [-0.2, -0.15) is 0 Å². The van der Waals surface area contributed by atoms with Crippen molar-refractivity contribution in [3.63, 3.8) is 0 Å². The number of aryl methyl sites for hydroxylation is 1. The van der Waals surface area contributed by atoms with E-state index in [0.29, 0.717) is 16.3 Å². The van der Waals surface area contributed by atoms with Gasteiger partial charge in [-0.25, -0.2) is 8.42 Å². The van der Waals surface area contributed by atoms with E-state index in [2.05, 4.69) is 0 Å². The zero-order valence-electron chi connectivity index (χ0n) is 17.0. The van der Waals surface area contributed by atoms with Crippen molar-refractivity contribution in [3.8, 4) is 0 Å². The number of halogens is 1. The molecular formula is C23H23ClN2O3S. The number of amides is 1. The van der Waals surface area contributed by atoms with Crippen molar-refractivity contribution >= 4 is 33.2 Å². The largest absolute Gasteiger partial charge is 0.345 e. The standard InChI is InChI=1S/C23H23ClN2O3S/c1-17-8-14-20(15-9-17)30(28,29)26(16-18-10-12-19(24)13-11-18)22-7-5-4-6-21(22)23(27)25(2)3/h4-15H,16H2,1-3H3. The number of rotatable bonds is 6. The molecule has 0 aliphatic heterocycles. The summed E-state index contributed by atoms with van der Waals surface area (Å²) in [5.74, 6) is -0.272. The number of sulfonamides is 1. The van der Waals surface area contributed by atoms with Gasteiger partial charge >= 0.3 is 0 Å². The molecule has 0 radical (unpaired) electrons. The lowest BCUT2D eigenvalue weighted by atomic mass is 10.1. The Hall–Kier alpha value is -2.83. The van der Waals surface area contributed by atoms with Crippen LogP contribution in [-0.4, -0.2) is 33.3 Å². The highest BCUT2D eigenvalue weighted by molar-refractivity contribution is 7.92. The topological polar surface area (TPSA) is 57.7 Å². The highest BCUT2D eigenvalue weighted by atomic mass is 35.5. The molecule has 3 rings (SSSR count). The maximum atomic E-state index is 13.6. The molecule has 0 spiro atoms. The molecule has 0 N–H and O–H groups in total. The molecule has 30 heavy (non-hydrogen) atoms. The van der Waals surface area contributed by atoms with E-state index in [9.17, 15) is 13.2 Å². The minimum Gasteiger partial charge on any atom is -0.345 e. The molecule has 156 valence electrons. The summed E-state index contributed by atoms with van der Waals surface area (Å²) >= 11 is 5.99. The molecule has 3 aromatic carbocycles. The molecule has 1 amide bonds. The Morgan fingerprint density at radius 1 is 0.900 bits per heavy atom. The number of carbonyl (C=O) groups is 1. The minimum absolute atomic E-state index is 0.0606. The van der Waals surface area contributed by atoms with Crippen LogP contribution in [0.15, 0.2) is 77.7 Å². The van der Waals surface area contributed by atoms with Crippen LogP contribution in [0, 0.1) is 6.92 Å². The van der Waals surface area contributed by atoms with E-state index in [4.69, 9.17) is 11.6 Å². The van der Waals surface area contributed by atoms with E-state index in [1.54, 1.807) is 86.9 Å². The Kier molecular flexibility index (Phi) is 6.48. The van der Waals surface area contributed by atoms with Crippen molar-refractivity contribution in [2.45, 2.75) is 18.4 Å². The lowest BCUT2D eigenvalue weighted by molar-refractivity contribution is 0.0828. The first kappa shape index (κ1) is 21.9. The molecule has 0 unspecified atom stereocenters. The number of para-hydroxylation sites is 1. The second kappa shape index (κ2) is 8.90. The molecule has 0 saturated heterocycles. The van der Waals surface area contributed by atoms with Crippen molar-refractivity contribution in [2.75, 3.05) is 18.4 Å². The molecule has 5 nitrogen and oxygen atoms in total. The number of hydrogen-bond donors (Lipinski definition) is 0. The fourth-order valence-corrected chi connectivity index (χ4v) is 4.60. The van der Waals surface area contributed by atoms with E-state index >= 15 is 0 Å². The van der Waals surface area contributed by atoms with E-state index in [1.807, 2.05) is 6.92 Å². The summed E-state index contributed by atoms with van der Waals surface area (Å²) in [6, 6.07) is 20.4. The maximum Gasteiger partial charge on any atom is 0.264 e. The van der Waals surface area contributed by atoms with Crippen LogP contribution in [-0.2, 0) is 16.6 Å². The van der Waals surface area contributed by atoms with Crippen LogP contribution in [0.5, 0.6) is 0 Å². The van der Waals surface area contributed by atoms with Crippen molar-refractivity contribution in [1.29, 1.82) is 0 Å². The van der Waals surface area contributed by atoms with Gasteiger partial charge in [-0.05, 0) is 48.9 Å². The molecular weight excluding hydrogens is 420 g/mol. The Labute approximate surface area is 182 Å². The monoisotopic (exact) mass is 442 g/mol. The summed E-state index contributed by atoms with van der Waals surface area (Å²) in [4.78, 5) is 14.4. The molecule has 7 heteroatoms. The second-order valence-corrected chi connectivity index (χ2v) is 9.47. The lowest BCUT2D eigenvalue weighted by Crippen LogP contribution is -2.33. The lowest BCUT2D eigenvalue weighted by Gasteiger charge is -2.27. The minimum atomic E-state index is -3.93. The quantitative estimate of drug-likeness (QED) is 0.553. The van der Waals surface area contributed by atoms with Crippen molar-refractivity contribution in [1.82, 2.24) is 4.90 Å². The van der Waals surface area contributed by atoms with Crippen LogP contribution >= 0.6 is 11.6 Å². The van der Waals surface area contributed by atoms with Gasteiger partial charge in [0.1, 0.15) is 0 Å². The normalized spacial score (nSPS) is 11.2. The van der Waals surface area contributed by atoms with Gasteiger partial charge in [0.15, 0.2) is 0 Å². The predicted octanol–water partition coefficient (Wildman–Crippen LogP) is 4.75. The average Bonchev–Trinajstić information content (AvgIpc) is 2.73. The van der Waals surface area contributed by atoms with E-state index in [1.165, 1.54) is 9.21 Å². The molecule has 0 aromatic heterocycles. The number of hydrogen-bond acceptors (Lipinski definition) is 3. The van der Waals surface area contributed by atoms with Gasteiger partial charge in [0.05, 0.1) is 22.7 Å². The number of anilines is 1. The summed E-state index contributed by atoms with van der Waals surface area (Å²) in [7, 11) is -0.659. The third-order valence-electron chi connectivity index (χ3n) is 4.66. The van der Waals surface area contributed by atoms with Gasteiger partial charge in [0.2, 0.25) is 0 Å². The highest BCUT2D eigenvalue weighted by Crippen LogP contribution is 2.30. The molecule has 0 aliphatic carbocycles. The van der Waals surface area contributed by atoms with Gasteiger partial charge in [0, 0.05) is 19.1 Å². The van der Waals surface area contributed by atoms with E-state index < -0.39 is 10.0 Å². The molecule has 0 heterocycles. The second-order valence-electron chi connectivity index (χ2n) is 7.17. The SMILES string of the molecule is Cc1ccc(S(=O)(=O)N(Cc2ccc(Cl)cc2)c2ccccc2C(=O)N(C)C)cc1. The Morgan fingerprint density at radius 2 is 1.50 bits per heavy atom. The van der Waals surface area contributed by atoms with Gasteiger partial charge in [-0.3, -0.25) is 9.10 Å². The summed E-state index contributed by atoms with van der Waals surface area (Å²) in [5, 5.41) is 0.565. The Morgan fingerprint density at radius 3 is 2.10 bits per heavy atom. The van der Waals surface area contributed by atoms with Gasteiger partial charge in [-0.1, -0.05) is 53.6 Å². The zero-order chi connectivity index (χ0) is 21.9. The first-order valence-electron chi connectivity index (χ1n) is 9.34. The van der Waals surface area contributed by atoms with E-state index in [0.717, 1.165) is 11.1 Å². The highest BCUT2D eigenvalue weighted by Gasteiger charge is 2.29. The fourth-order valence-electron chi connectivity index (χ4n) is 3.01. The third-order valence-corrected chi connectivity index (χ3v) is 6.68. The number of benzene rings is 3. The van der Waals surface area contributed by atoms with Gasteiger partial charge < -0.3 is 4.90 Å². The van der Waals surface area contributed by atoms with Crippen LogP contribution in [0.3, 0.4) is 0 Å². The van der Waals surface area contributed by atoms with Crippen LogP contribution in [0.4, 0.5) is 5.69 Å². The Balaban J connectivity index is 2.17. The third kappa shape index (κ3) is 4.66. The van der Waals surface area contributed by atoms with Crippen LogP contribution < -0.4 is 4.31 Å². The molecule has 3 aromatic rings. The smallest absolute Gasteiger partial charge is 0.264 e. The predicted molar refractivity (Wildman–Crippen MR) is 120 cm³/mol. The van der Waals surface area contributed by atoms with E-state index in [-0.39, 0.29) is 17.3 Å². The zero-order valence-corrected chi connectivity index (χ0v) is 18.6. The first-order valence-corrected chi connectivity index (χ1v) is 11.2. The van der Waals surface area contributed by atoms with Crippen molar-refractivity contribution in [3.05, 3.63) is 94.5 Å². The number of carbonyl (C=O) groups excluding carboxylic acids is 1. The average molecular weight is 443 g/mol. The van der Waals surface area contributed by atoms with Crippen LogP contribution in [0.2, 0.25) is 5.02 Å². The molecule has 0 bridgehead atoms.